The van der Waals surface area contributed by atoms with Crippen molar-refractivity contribution in [3.05, 3.63) is 36.5 Å². The molecule has 1 unspecified atom stereocenters. The van der Waals surface area contributed by atoms with Gasteiger partial charge in [-0.1, -0.05) is 6.07 Å². The lowest BCUT2D eigenvalue weighted by molar-refractivity contribution is -0.148. The zero-order chi connectivity index (χ0) is 13.2. The third kappa shape index (κ3) is 2.48. The first-order valence-electron chi connectivity index (χ1n) is 5.10. The first kappa shape index (κ1) is 12.5. The molecule has 18 heavy (non-hydrogen) atoms. The van der Waals surface area contributed by atoms with Gasteiger partial charge in [0.05, 0.1) is 5.92 Å². The number of aromatic nitrogens is 4. The van der Waals surface area contributed by atoms with Crippen LogP contribution in [0.3, 0.4) is 0 Å². The molecule has 0 bridgehead atoms. The first-order chi connectivity index (χ1) is 8.52. The van der Waals surface area contributed by atoms with Crippen molar-refractivity contribution < 1.29 is 13.2 Å². The number of hydrogen-bond acceptors (Lipinski definition) is 4. The summed E-state index contributed by atoms with van der Waals surface area (Å²) in [6, 6.07) is 2.79. The molecule has 0 aromatic carbocycles. The van der Waals surface area contributed by atoms with Crippen LogP contribution in [0.4, 0.5) is 13.2 Å². The van der Waals surface area contributed by atoms with Crippen LogP contribution in [0.1, 0.15) is 11.5 Å². The van der Waals surface area contributed by atoms with Crippen molar-refractivity contribution in [1.29, 1.82) is 0 Å². The molecule has 0 saturated carbocycles. The smallest absolute Gasteiger partial charge is 0.330 e. The van der Waals surface area contributed by atoms with Crippen molar-refractivity contribution in [2.45, 2.75) is 12.1 Å². The van der Waals surface area contributed by atoms with E-state index in [1.54, 1.807) is 0 Å². The van der Waals surface area contributed by atoms with Gasteiger partial charge in [0, 0.05) is 12.7 Å². The average Bonchev–Trinajstić information content (AvgIpc) is 2.82. The van der Waals surface area contributed by atoms with Crippen LogP contribution in [0.25, 0.3) is 5.82 Å². The van der Waals surface area contributed by atoms with Crippen molar-refractivity contribution in [2.75, 3.05) is 6.54 Å². The minimum absolute atomic E-state index is 0.0360. The van der Waals surface area contributed by atoms with Gasteiger partial charge in [-0.25, -0.2) is 14.6 Å². The van der Waals surface area contributed by atoms with E-state index in [2.05, 4.69) is 15.1 Å². The number of halogens is 3. The molecule has 2 rings (SSSR count). The highest BCUT2D eigenvalue weighted by atomic mass is 19.4. The highest BCUT2D eigenvalue weighted by Gasteiger charge is 2.39. The van der Waals surface area contributed by atoms with E-state index >= 15 is 0 Å². The Balaban J connectivity index is 2.27. The van der Waals surface area contributed by atoms with Crippen molar-refractivity contribution in [3.63, 3.8) is 0 Å². The van der Waals surface area contributed by atoms with Gasteiger partial charge >= 0.3 is 6.18 Å². The van der Waals surface area contributed by atoms with Crippen LogP contribution in [0, 0.1) is 0 Å². The van der Waals surface area contributed by atoms with Gasteiger partial charge in [0.2, 0.25) is 0 Å². The minimum atomic E-state index is -4.37. The number of nitrogens with two attached hydrogens (primary N) is 1. The summed E-state index contributed by atoms with van der Waals surface area (Å²) in [6.45, 7) is -0.506. The zero-order valence-electron chi connectivity index (χ0n) is 9.17. The standard InChI is InChI=1S/C10H10F3N5/c11-10(12,13)8(3-14)7-1-2-9(16-4-7)18-6-15-5-17-18/h1-2,4-6,8H,3,14H2. The number of alkyl halides is 3. The molecule has 2 aromatic rings. The molecule has 0 amide bonds. The summed E-state index contributed by atoms with van der Waals surface area (Å²) in [7, 11) is 0. The predicted molar refractivity (Wildman–Crippen MR) is 57.0 cm³/mol. The van der Waals surface area contributed by atoms with Gasteiger partial charge in [-0.15, -0.1) is 0 Å². The Morgan fingerprint density at radius 3 is 2.56 bits per heavy atom. The van der Waals surface area contributed by atoms with Crippen LogP contribution < -0.4 is 5.73 Å². The first-order valence-corrected chi connectivity index (χ1v) is 5.10. The lowest BCUT2D eigenvalue weighted by Gasteiger charge is -2.18. The van der Waals surface area contributed by atoms with Crippen LogP contribution in [0.15, 0.2) is 31.0 Å². The molecule has 0 fully saturated rings. The molecule has 8 heteroatoms. The van der Waals surface area contributed by atoms with Crippen LogP contribution in [0.2, 0.25) is 0 Å². The van der Waals surface area contributed by atoms with E-state index in [0.29, 0.717) is 5.82 Å². The van der Waals surface area contributed by atoms with E-state index in [4.69, 9.17) is 5.73 Å². The largest absolute Gasteiger partial charge is 0.397 e. The molecule has 0 spiro atoms. The van der Waals surface area contributed by atoms with Gasteiger partial charge < -0.3 is 5.73 Å². The zero-order valence-corrected chi connectivity index (χ0v) is 9.17. The lowest BCUT2D eigenvalue weighted by atomic mass is 10.0. The van der Waals surface area contributed by atoms with E-state index in [-0.39, 0.29) is 5.56 Å². The van der Waals surface area contributed by atoms with Gasteiger partial charge in [-0.3, -0.25) is 0 Å². The molecule has 0 radical (unpaired) electrons. The van der Waals surface area contributed by atoms with Crippen LogP contribution in [-0.4, -0.2) is 32.5 Å². The van der Waals surface area contributed by atoms with Crippen LogP contribution in [0.5, 0.6) is 0 Å². The molecule has 96 valence electrons. The normalized spacial score (nSPS) is 13.6. The summed E-state index contributed by atoms with van der Waals surface area (Å²) in [5.74, 6) is -1.30. The van der Waals surface area contributed by atoms with Crippen LogP contribution >= 0.6 is 0 Å². The third-order valence-corrected chi connectivity index (χ3v) is 2.46. The summed E-state index contributed by atoms with van der Waals surface area (Å²) >= 11 is 0. The van der Waals surface area contributed by atoms with Crippen molar-refractivity contribution >= 4 is 0 Å². The van der Waals surface area contributed by atoms with Gasteiger partial charge in [0.1, 0.15) is 12.7 Å². The van der Waals surface area contributed by atoms with Crippen molar-refractivity contribution in [1.82, 2.24) is 19.7 Å². The maximum Gasteiger partial charge on any atom is 0.397 e. The summed E-state index contributed by atoms with van der Waals surface area (Å²) in [5, 5.41) is 3.83. The van der Waals surface area contributed by atoms with E-state index in [9.17, 15) is 13.2 Å². The highest BCUT2D eigenvalue weighted by molar-refractivity contribution is 5.27. The predicted octanol–water partition coefficient (Wildman–Crippen LogP) is 1.27. The molecule has 2 aromatic heterocycles. The summed E-state index contributed by atoms with van der Waals surface area (Å²) in [6.07, 6.45) is -0.493. The van der Waals surface area contributed by atoms with Gasteiger partial charge in [-0.2, -0.15) is 18.3 Å². The highest BCUT2D eigenvalue weighted by Crippen LogP contribution is 2.33. The molecule has 0 aliphatic rings. The van der Waals surface area contributed by atoms with Gasteiger partial charge in [0.15, 0.2) is 5.82 Å². The molecule has 0 aliphatic carbocycles. The Morgan fingerprint density at radius 1 is 1.33 bits per heavy atom. The molecule has 1 atom stereocenters. The van der Waals surface area contributed by atoms with Crippen molar-refractivity contribution in [3.8, 4) is 5.82 Å². The van der Waals surface area contributed by atoms with Crippen LogP contribution in [-0.2, 0) is 0 Å². The fourth-order valence-electron chi connectivity index (χ4n) is 1.52. The molecular weight excluding hydrogens is 247 g/mol. The van der Waals surface area contributed by atoms with E-state index in [1.165, 1.54) is 29.5 Å². The molecule has 0 aliphatic heterocycles. The molecular formula is C10H10F3N5. The minimum Gasteiger partial charge on any atom is -0.330 e. The molecule has 2 heterocycles. The topological polar surface area (TPSA) is 69.6 Å². The Morgan fingerprint density at radius 2 is 2.11 bits per heavy atom. The van der Waals surface area contributed by atoms with Gasteiger partial charge in [-0.05, 0) is 11.6 Å². The molecule has 2 N–H and O–H groups in total. The van der Waals surface area contributed by atoms with Crippen molar-refractivity contribution in [2.24, 2.45) is 5.73 Å². The molecule has 5 nitrogen and oxygen atoms in total. The summed E-state index contributed by atoms with van der Waals surface area (Å²) < 4.78 is 39.3. The fraction of sp³-hybridized carbons (Fsp3) is 0.300. The second-order valence-corrected chi connectivity index (χ2v) is 3.62. The Labute approximate surface area is 100 Å². The maximum atomic E-state index is 12.6. The Hall–Kier alpha value is -1.96. The summed E-state index contributed by atoms with van der Waals surface area (Å²) in [5.41, 5.74) is 5.18. The number of rotatable bonds is 3. The van der Waals surface area contributed by atoms with Gasteiger partial charge in [0.25, 0.3) is 0 Å². The second-order valence-electron chi connectivity index (χ2n) is 3.62. The fourth-order valence-corrected chi connectivity index (χ4v) is 1.52. The monoisotopic (exact) mass is 257 g/mol. The van der Waals surface area contributed by atoms with E-state index in [0.717, 1.165) is 6.20 Å². The lowest BCUT2D eigenvalue weighted by Crippen LogP contribution is -2.28. The Bertz CT molecular complexity index is 491. The number of pyridine rings is 1. The number of hydrogen-bond donors (Lipinski definition) is 1. The second kappa shape index (κ2) is 4.73. The average molecular weight is 257 g/mol. The summed E-state index contributed by atoms with van der Waals surface area (Å²) in [4.78, 5) is 7.63. The molecule has 0 saturated heterocycles. The van der Waals surface area contributed by atoms with E-state index in [1.807, 2.05) is 0 Å². The third-order valence-electron chi connectivity index (χ3n) is 2.46. The van der Waals surface area contributed by atoms with E-state index < -0.39 is 18.6 Å². The number of nitrogens with zero attached hydrogens (tertiary/aromatic N) is 4. The Kier molecular flexibility index (Phi) is 3.28. The quantitative estimate of drug-likeness (QED) is 0.898. The maximum absolute atomic E-state index is 12.6. The SMILES string of the molecule is NCC(c1ccc(-n2cncn2)nc1)C(F)(F)F.